The third kappa shape index (κ3) is 3.47. The van der Waals surface area contributed by atoms with E-state index in [1.807, 2.05) is 0 Å². The Balaban J connectivity index is 3.50. The molecule has 0 amide bonds. The largest absolute Gasteiger partial charge is 0.376 e. The normalized spacial score (nSPS) is 24.3. The monoisotopic (exact) mass is 480 g/mol. The standard InChI is InChI=1S/C11H8Cl4F8O3/c12-8(16,17)6(25,9(13,18)19)3-1-2-4(5(3)24)7(26,10(14,20)21)11(15,22)23/h3-4,25-26H,1-2H2/t3-,4-/m0/s1. The van der Waals surface area contributed by atoms with Crippen LogP contribution in [0.1, 0.15) is 12.8 Å². The molecule has 26 heavy (non-hydrogen) atoms. The van der Waals surface area contributed by atoms with Gasteiger partial charge in [0.25, 0.3) is 0 Å². The van der Waals surface area contributed by atoms with Crippen LogP contribution in [-0.4, -0.2) is 48.7 Å². The number of carbonyl (C=O) groups is 1. The fraction of sp³-hybridized carbons (Fsp3) is 0.909. The van der Waals surface area contributed by atoms with Gasteiger partial charge in [0.2, 0.25) is 11.2 Å². The highest BCUT2D eigenvalue weighted by Crippen LogP contribution is 2.59. The van der Waals surface area contributed by atoms with Crippen LogP contribution in [0.15, 0.2) is 0 Å². The van der Waals surface area contributed by atoms with Crippen molar-refractivity contribution in [2.75, 3.05) is 0 Å². The predicted molar refractivity (Wildman–Crippen MR) is 74.3 cm³/mol. The van der Waals surface area contributed by atoms with Gasteiger partial charge in [-0.1, -0.05) is 0 Å². The number of hydrogen-bond acceptors (Lipinski definition) is 3. The lowest BCUT2D eigenvalue weighted by molar-refractivity contribution is -0.247. The van der Waals surface area contributed by atoms with Gasteiger partial charge in [0, 0.05) is 0 Å². The zero-order chi connectivity index (χ0) is 21.1. The van der Waals surface area contributed by atoms with Crippen molar-refractivity contribution < 1.29 is 50.1 Å². The summed E-state index contributed by atoms with van der Waals surface area (Å²) in [6.45, 7) is 0. The van der Waals surface area contributed by atoms with Gasteiger partial charge in [-0.05, 0) is 59.2 Å². The van der Waals surface area contributed by atoms with Crippen LogP contribution in [0.2, 0.25) is 0 Å². The third-order valence-corrected chi connectivity index (χ3v) is 5.32. The van der Waals surface area contributed by atoms with Crippen molar-refractivity contribution in [2.24, 2.45) is 11.8 Å². The summed E-state index contributed by atoms with van der Waals surface area (Å²) in [5.41, 5.74) is -9.70. The van der Waals surface area contributed by atoms with Crippen LogP contribution in [0.5, 0.6) is 0 Å². The molecule has 1 aliphatic carbocycles. The van der Waals surface area contributed by atoms with Crippen molar-refractivity contribution >= 4 is 52.2 Å². The highest BCUT2D eigenvalue weighted by molar-refractivity contribution is 6.27. The lowest BCUT2D eigenvalue weighted by Crippen LogP contribution is -2.65. The Kier molecular flexibility index (Phi) is 6.17. The molecule has 0 aromatic rings. The van der Waals surface area contributed by atoms with Gasteiger partial charge in [-0.15, -0.1) is 0 Å². The summed E-state index contributed by atoms with van der Waals surface area (Å²) in [5, 5.41) is -1.90. The van der Waals surface area contributed by atoms with Crippen LogP contribution in [0.25, 0.3) is 0 Å². The molecule has 0 spiro atoms. The summed E-state index contributed by atoms with van der Waals surface area (Å²) in [7, 11) is 0. The minimum Gasteiger partial charge on any atom is -0.376 e. The Labute approximate surface area is 160 Å². The van der Waals surface area contributed by atoms with Crippen molar-refractivity contribution in [3.05, 3.63) is 0 Å². The first-order valence-electron chi connectivity index (χ1n) is 6.39. The summed E-state index contributed by atoms with van der Waals surface area (Å²) in [6, 6.07) is 0. The lowest BCUT2D eigenvalue weighted by atomic mass is 9.80. The van der Waals surface area contributed by atoms with E-state index in [4.69, 9.17) is 0 Å². The molecule has 154 valence electrons. The average molecular weight is 482 g/mol. The molecule has 0 aromatic carbocycles. The van der Waals surface area contributed by atoms with Crippen LogP contribution < -0.4 is 0 Å². The van der Waals surface area contributed by atoms with E-state index in [2.05, 4.69) is 46.4 Å². The van der Waals surface area contributed by atoms with Gasteiger partial charge in [0.1, 0.15) is 5.78 Å². The average Bonchev–Trinajstić information content (AvgIpc) is 2.73. The molecule has 0 saturated heterocycles. The number of ketones is 1. The predicted octanol–water partition coefficient (Wildman–Crippen LogP) is 4.37. The van der Waals surface area contributed by atoms with E-state index in [0.29, 0.717) is 0 Å². The maximum Gasteiger partial charge on any atom is 0.357 e. The topological polar surface area (TPSA) is 57.5 Å². The van der Waals surface area contributed by atoms with Crippen LogP contribution in [-0.2, 0) is 4.79 Å². The molecule has 1 aliphatic rings. The summed E-state index contributed by atoms with van der Waals surface area (Å²) in [6.07, 6.45) is -2.57. The summed E-state index contributed by atoms with van der Waals surface area (Å²) >= 11 is 17.6. The maximum atomic E-state index is 13.4. The number of carbonyl (C=O) groups excluding carboxylic acids is 1. The number of rotatable bonds is 6. The molecule has 0 unspecified atom stereocenters. The third-order valence-electron chi connectivity index (χ3n) is 4.17. The lowest BCUT2D eigenvalue weighted by Gasteiger charge is -2.41. The molecule has 0 heterocycles. The van der Waals surface area contributed by atoms with E-state index in [1.165, 1.54) is 0 Å². The quantitative estimate of drug-likeness (QED) is 0.437. The molecule has 1 saturated carbocycles. The van der Waals surface area contributed by atoms with E-state index in [0.717, 1.165) is 0 Å². The fourth-order valence-electron chi connectivity index (χ4n) is 2.80. The van der Waals surface area contributed by atoms with Crippen LogP contribution in [0, 0.1) is 11.8 Å². The maximum absolute atomic E-state index is 13.4. The molecule has 0 aromatic heterocycles. The Morgan fingerprint density at radius 3 is 1.00 bits per heavy atom. The van der Waals surface area contributed by atoms with Gasteiger partial charge in [-0.3, -0.25) is 4.79 Å². The summed E-state index contributed by atoms with van der Waals surface area (Å²) in [4.78, 5) is 12.1. The Hall–Kier alpha value is 0.190. The second-order valence-corrected chi connectivity index (χ2v) is 7.51. The molecule has 1 fully saturated rings. The zero-order valence-electron chi connectivity index (χ0n) is 11.9. The first kappa shape index (κ1) is 24.2. The first-order chi connectivity index (χ1) is 11.1. The van der Waals surface area contributed by atoms with Gasteiger partial charge in [-0.2, -0.15) is 35.1 Å². The van der Waals surface area contributed by atoms with Crippen molar-refractivity contribution in [1.82, 2.24) is 0 Å². The minimum absolute atomic E-state index is 1.28. The van der Waals surface area contributed by atoms with E-state index >= 15 is 0 Å². The van der Waals surface area contributed by atoms with Crippen LogP contribution in [0.3, 0.4) is 0 Å². The van der Waals surface area contributed by atoms with E-state index in [9.17, 15) is 50.1 Å². The van der Waals surface area contributed by atoms with Gasteiger partial charge < -0.3 is 10.2 Å². The Morgan fingerprint density at radius 2 is 0.846 bits per heavy atom. The Morgan fingerprint density at radius 1 is 0.654 bits per heavy atom. The van der Waals surface area contributed by atoms with Gasteiger partial charge >= 0.3 is 21.5 Å². The zero-order valence-corrected chi connectivity index (χ0v) is 14.9. The van der Waals surface area contributed by atoms with Gasteiger partial charge in [-0.25, -0.2) is 0 Å². The molecule has 0 radical (unpaired) electrons. The van der Waals surface area contributed by atoms with E-state index < -0.39 is 63.2 Å². The highest BCUT2D eigenvalue weighted by Gasteiger charge is 2.78. The van der Waals surface area contributed by atoms with E-state index in [-0.39, 0.29) is 0 Å². The molecule has 2 atom stereocenters. The molecule has 15 heteroatoms. The van der Waals surface area contributed by atoms with Crippen molar-refractivity contribution in [3.8, 4) is 0 Å². The van der Waals surface area contributed by atoms with E-state index in [1.54, 1.807) is 0 Å². The summed E-state index contributed by atoms with van der Waals surface area (Å²) < 4.78 is 107. The highest BCUT2D eigenvalue weighted by atomic mass is 35.5. The van der Waals surface area contributed by atoms with Crippen LogP contribution >= 0.6 is 46.4 Å². The molecule has 0 bridgehead atoms. The molecular weight excluding hydrogens is 474 g/mol. The van der Waals surface area contributed by atoms with Crippen molar-refractivity contribution in [1.29, 1.82) is 0 Å². The van der Waals surface area contributed by atoms with Gasteiger partial charge in [0.15, 0.2) is 0 Å². The molecule has 0 aliphatic heterocycles. The van der Waals surface area contributed by atoms with Crippen molar-refractivity contribution in [3.63, 3.8) is 0 Å². The minimum atomic E-state index is -5.29. The SMILES string of the molecule is O=C1[C@@H](C(O)(C(F)(F)Cl)C(F)(F)Cl)CC[C@@H]1C(O)(C(F)(F)Cl)C(F)(F)Cl. The first-order valence-corrected chi connectivity index (χ1v) is 7.90. The van der Waals surface area contributed by atoms with Gasteiger partial charge in [0.05, 0.1) is 11.8 Å². The number of Topliss-reactive ketones (excluding diaryl/α,β-unsaturated/α-hetero) is 1. The molecular formula is C11H8Cl4F8O3. The number of halogens is 12. The second kappa shape index (κ2) is 6.62. The fourth-order valence-corrected chi connectivity index (χ4v) is 3.90. The molecule has 1 rings (SSSR count). The smallest absolute Gasteiger partial charge is 0.357 e. The molecule has 3 nitrogen and oxygen atoms in total. The molecule has 2 N–H and O–H groups in total. The number of alkyl halides is 12. The second-order valence-electron chi connectivity index (χ2n) is 5.61. The van der Waals surface area contributed by atoms with Crippen LogP contribution in [0.4, 0.5) is 35.1 Å². The Bertz CT molecular complexity index is 490. The number of hydrogen-bond donors (Lipinski definition) is 2. The number of aliphatic hydroxyl groups is 2. The van der Waals surface area contributed by atoms with Crippen molar-refractivity contribution in [2.45, 2.75) is 45.6 Å². The summed E-state index contributed by atoms with van der Waals surface area (Å²) in [5.74, 6) is -8.23.